The van der Waals surface area contributed by atoms with E-state index in [2.05, 4.69) is 5.32 Å². The van der Waals surface area contributed by atoms with Crippen molar-refractivity contribution in [2.75, 3.05) is 18.2 Å². The molecule has 0 unspecified atom stereocenters. The Hall–Kier alpha value is -3.01. The summed E-state index contributed by atoms with van der Waals surface area (Å²) in [5.41, 5.74) is -0.444. The van der Waals surface area contributed by atoms with Crippen LogP contribution in [0.2, 0.25) is 0 Å². The number of halogens is 1. The highest BCUT2D eigenvalue weighted by atomic mass is 32.2. The molecule has 2 aromatic carbocycles. The van der Waals surface area contributed by atoms with Gasteiger partial charge in [-0.25, -0.2) is 8.42 Å². The van der Waals surface area contributed by atoms with Gasteiger partial charge in [0.05, 0.1) is 9.82 Å². The van der Waals surface area contributed by atoms with E-state index in [-0.39, 0.29) is 16.3 Å². The van der Waals surface area contributed by atoms with Gasteiger partial charge in [-0.1, -0.05) is 6.07 Å². The van der Waals surface area contributed by atoms with E-state index in [1.54, 1.807) is 0 Å². The lowest BCUT2D eigenvalue weighted by atomic mass is 10.3. The zero-order valence-corrected chi connectivity index (χ0v) is 13.7. The number of nitrogens with zero attached hydrogens (tertiary/aromatic N) is 1. The third kappa shape index (κ3) is 4.98. The smallest absolute Gasteiger partial charge is 0.305 e. The number of nitro benzene ring substituents is 1. The van der Waals surface area contributed by atoms with E-state index in [4.69, 9.17) is 4.74 Å². The molecule has 10 heteroatoms. The van der Waals surface area contributed by atoms with Crippen molar-refractivity contribution in [3.63, 3.8) is 0 Å². The van der Waals surface area contributed by atoms with Crippen LogP contribution in [-0.4, -0.2) is 32.1 Å². The van der Waals surface area contributed by atoms with Gasteiger partial charge in [-0.05, 0) is 24.3 Å². The first-order chi connectivity index (χ1) is 11.7. The maximum absolute atomic E-state index is 13.4. The second-order valence-corrected chi connectivity index (χ2v) is 7.02. The number of rotatable bonds is 6. The lowest BCUT2D eigenvalue weighted by molar-refractivity contribution is -0.387. The summed E-state index contributed by atoms with van der Waals surface area (Å²) in [4.78, 5) is 21.5. The number of sulfone groups is 1. The van der Waals surface area contributed by atoms with E-state index in [9.17, 15) is 27.7 Å². The molecule has 0 aliphatic heterocycles. The Morgan fingerprint density at radius 2 is 2.00 bits per heavy atom. The Kier molecular flexibility index (Phi) is 5.32. The number of benzene rings is 2. The SMILES string of the molecule is CS(=O)(=O)c1cccc(NC(=O)COc2ccc([N+](=O)[O-])c(F)c2)c1. The maximum Gasteiger partial charge on any atom is 0.305 e. The molecule has 0 saturated carbocycles. The Morgan fingerprint density at radius 1 is 1.28 bits per heavy atom. The molecule has 0 heterocycles. The first-order valence-corrected chi connectivity index (χ1v) is 8.72. The molecule has 8 nitrogen and oxygen atoms in total. The minimum Gasteiger partial charge on any atom is -0.484 e. The largest absolute Gasteiger partial charge is 0.484 e. The fraction of sp³-hybridized carbons (Fsp3) is 0.133. The van der Waals surface area contributed by atoms with Crippen molar-refractivity contribution in [2.24, 2.45) is 0 Å². The highest BCUT2D eigenvalue weighted by molar-refractivity contribution is 7.90. The summed E-state index contributed by atoms with van der Waals surface area (Å²) in [6, 6.07) is 8.54. The van der Waals surface area contributed by atoms with Crippen molar-refractivity contribution in [1.82, 2.24) is 0 Å². The first kappa shape index (κ1) is 18.3. The molecule has 25 heavy (non-hydrogen) atoms. The number of amides is 1. The van der Waals surface area contributed by atoms with Gasteiger partial charge in [0, 0.05) is 24.1 Å². The average molecular weight is 368 g/mol. The van der Waals surface area contributed by atoms with Crippen LogP contribution in [0, 0.1) is 15.9 Å². The predicted molar refractivity (Wildman–Crippen MR) is 86.7 cm³/mol. The Morgan fingerprint density at radius 3 is 2.60 bits per heavy atom. The number of carbonyl (C=O) groups excluding carboxylic acids is 1. The van der Waals surface area contributed by atoms with Gasteiger partial charge in [-0.3, -0.25) is 14.9 Å². The normalized spacial score (nSPS) is 11.0. The van der Waals surface area contributed by atoms with E-state index in [0.29, 0.717) is 0 Å². The summed E-state index contributed by atoms with van der Waals surface area (Å²) < 4.78 is 41.4. The molecule has 0 fully saturated rings. The molecule has 0 aliphatic rings. The van der Waals surface area contributed by atoms with Gasteiger partial charge in [0.15, 0.2) is 16.4 Å². The van der Waals surface area contributed by atoms with Gasteiger partial charge in [0.2, 0.25) is 5.82 Å². The summed E-state index contributed by atoms with van der Waals surface area (Å²) in [5, 5.41) is 13.0. The standard InChI is InChI=1S/C15H13FN2O6S/c1-25(22,23)12-4-2-3-10(7-12)17-15(19)9-24-11-5-6-14(18(20)21)13(16)8-11/h2-8H,9H2,1H3,(H,17,19). The molecule has 1 amide bonds. The minimum absolute atomic E-state index is 0.0451. The van der Waals surface area contributed by atoms with E-state index in [1.807, 2.05) is 0 Å². The number of nitrogens with one attached hydrogen (secondary N) is 1. The number of anilines is 1. The van der Waals surface area contributed by atoms with Gasteiger partial charge in [0.25, 0.3) is 5.91 Å². The fourth-order valence-electron chi connectivity index (χ4n) is 1.88. The molecule has 0 bridgehead atoms. The van der Waals surface area contributed by atoms with Crippen LogP contribution in [-0.2, 0) is 14.6 Å². The number of hydrogen-bond acceptors (Lipinski definition) is 6. The molecule has 0 aromatic heterocycles. The zero-order valence-electron chi connectivity index (χ0n) is 12.9. The van der Waals surface area contributed by atoms with E-state index in [1.165, 1.54) is 30.3 Å². The van der Waals surface area contributed by atoms with Crippen molar-refractivity contribution in [3.8, 4) is 5.75 Å². The van der Waals surface area contributed by atoms with E-state index < -0.39 is 38.8 Å². The highest BCUT2D eigenvalue weighted by Crippen LogP contribution is 2.22. The molecule has 2 rings (SSSR count). The molecule has 132 valence electrons. The molecule has 0 saturated heterocycles. The van der Waals surface area contributed by atoms with Crippen LogP contribution < -0.4 is 10.1 Å². The van der Waals surface area contributed by atoms with Crippen LogP contribution >= 0.6 is 0 Å². The van der Waals surface area contributed by atoms with Crippen molar-refractivity contribution < 1.29 is 27.3 Å². The van der Waals surface area contributed by atoms with E-state index >= 15 is 0 Å². The third-order valence-corrected chi connectivity index (χ3v) is 4.14. The quantitative estimate of drug-likeness (QED) is 0.617. The monoisotopic (exact) mass is 368 g/mol. The second-order valence-electron chi connectivity index (χ2n) is 5.01. The number of carbonyl (C=O) groups is 1. The summed E-state index contributed by atoms with van der Waals surface area (Å²) >= 11 is 0. The molecule has 0 spiro atoms. The summed E-state index contributed by atoms with van der Waals surface area (Å²) in [6.45, 7) is -0.486. The van der Waals surface area contributed by atoms with Crippen LogP contribution in [0.3, 0.4) is 0 Å². The Labute approximate surface area is 142 Å². The van der Waals surface area contributed by atoms with Crippen molar-refractivity contribution in [1.29, 1.82) is 0 Å². The molecular formula is C15H13FN2O6S. The lowest BCUT2D eigenvalue weighted by Gasteiger charge is -2.08. The second kappa shape index (κ2) is 7.26. The van der Waals surface area contributed by atoms with Crippen LogP contribution in [0.25, 0.3) is 0 Å². The van der Waals surface area contributed by atoms with Gasteiger partial charge >= 0.3 is 5.69 Å². The molecule has 0 radical (unpaired) electrons. The maximum atomic E-state index is 13.4. The van der Waals surface area contributed by atoms with Crippen LogP contribution in [0.1, 0.15) is 0 Å². The molecule has 1 N–H and O–H groups in total. The Balaban J connectivity index is 2.00. The van der Waals surface area contributed by atoms with Crippen molar-refractivity contribution in [3.05, 3.63) is 58.4 Å². The molecule has 2 aromatic rings. The van der Waals surface area contributed by atoms with Gasteiger partial charge in [-0.2, -0.15) is 4.39 Å². The van der Waals surface area contributed by atoms with Gasteiger partial charge < -0.3 is 10.1 Å². The van der Waals surface area contributed by atoms with Gasteiger partial charge in [-0.15, -0.1) is 0 Å². The first-order valence-electron chi connectivity index (χ1n) is 6.83. The lowest BCUT2D eigenvalue weighted by Crippen LogP contribution is -2.20. The summed E-state index contributed by atoms with van der Waals surface area (Å²) in [6.07, 6.45) is 1.04. The molecular weight excluding hydrogens is 355 g/mol. The number of nitro groups is 1. The van der Waals surface area contributed by atoms with Gasteiger partial charge in [0.1, 0.15) is 5.75 Å². The topological polar surface area (TPSA) is 116 Å². The third-order valence-electron chi connectivity index (χ3n) is 3.03. The van der Waals surface area contributed by atoms with E-state index in [0.717, 1.165) is 18.4 Å². The van der Waals surface area contributed by atoms with Crippen LogP contribution in [0.4, 0.5) is 15.8 Å². The molecule has 0 atom stereocenters. The van der Waals surface area contributed by atoms with Crippen LogP contribution in [0.15, 0.2) is 47.4 Å². The van der Waals surface area contributed by atoms with Crippen molar-refractivity contribution in [2.45, 2.75) is 4.90 Å². The number of hydrogen-bond donors (Lipinski definition) is 1. The summed E-state index contributed by atoms with van der Waals surface area (Å²) in [5.74, 6) is -1.74. The van der Waals surface area contributed by atoms with Crippen molar-refractivity contribution >= 4 is 27.1 Å². The summed E-state index contributed by atoms with van der Waals surface area (Å²) in [7, 11) is -3.41. The Bertz CT molecular complexity index is 929. The number of ether oxygens (including phenoxy) is 1. The zero-order chi connectivity index (χ0) is 18.6. The highest BCUT2D eigenvalue weighted by Gasteiger charge is 2.15. The predicted octanol–water partition coefficient (Wildman–Crippen LogP) is 2.15. The molecule has 0 aliphatic carbocycles. The minimum atomic E-state index is -3.41. The van der Waals surface area contributed by atoms with Crippen LogP contribution in [0.5, 0.6) is 5.75 Å². The average Bonchev–Trinajstić information content (AvgIpc) is 2.52. The fourth-order valence-corrected chi connectivity index (χ4v) is 2.54.